The molecule has 0 saturated heterocycles. The number of anilines is 2. The third-order valence-corrected chi connectivity index (χ3v) is 2.79. The minimum absolute atomic E-state index is 0.526. The van der Waals surface area contributed by atoms with Gasteiger partial charge >= 0.3 is 0 Å². The highest BCUT2D eigenvalue weighted by Gasteiger charge is 2.09. The molecule has 88 valence electrons. The lowest BCUT2D eigenvalue weighted by molar-refractivity contribution is 1.06. The first-order valence-corrected chi connectivity index (χ1v) is 5.58. The third kappa shape index (κ3) is 2.54. The van der Waals surface area contributed by atoms with Crippen LogP contribution in [-0.2, 0) is 6.54 Å². The Morgan fingerprint density at radius 3 is 2.59 bits per heavy atom. The molecule has 2 N–H and O–H groups in total. The van der Waals surface area contributed by atoms with E-state index in [9.17, 15) is 0 Å². The van der Waals surface area contributed by atoms with Gasteiger partial charge in [-0.25, -0.2) is 9.97 Å². The number of aromatic nitrogens is 2. The maximum absolute atomic E-state index is 6.04. The second kappa shape index (κ2) is 5.12. The number of benzene rings is 1. The number of hydrogen-bond acceptors (Lipinski definition) is 4. The Bertz CT molecular complexity index is 498. The van der Waals surface area contributed by atoms with Crippen LogP contribution in [-0.4, -0.2) is 17.0 Å². The van der Waals surface area contributed by atoms with E-state index < -0.39 is 0 Å². The molecule has 4 nitrogen and oxygen atoms in total. The van der Waals surface area contributed by atoms with E-state index in [4.69, 9.17) is 17.3 Å². The average molecular weight is 249 g/mol. The molecule has 0 unspecified atom stereocenters. The van der Waals surface area contributed by atoms with Crippen molar-refractivity contribution in [2.75, 3.05) is 11.9 Å². The van der Waals surface area contributed by atoms with Crippen LogP contribution in [0.25, 0.3) is 0 Å². The van der Waals surface area contributed by atoms with Crippen molar-refractivity contribution >= 4 is 23.1 Å². The van der Waals surface area contributed by atoms with Crippen molar-refractivity contribution in [3.63, 3.8) is 0 Å². The summed E-state index contributed by atoms with van der Waals surface area (Å²) in [5.41, 5.74) is 7.65. The summed E-state index contributed by atoms with van der Waals surface area (Å²) in [6, 6.07) is 7.95. The fraction of sp³-hybridized carbons (Fsp3) is 0.167. The molecule has 0 saturated carbocycles. The van der Waals surface area contributed by atoms with Crippen molar-refractivity contribution in [1.82, 2.24) is 9.97 Å². The molecule has 1 aromatic heterocycles. The average Bonchev–Trinajstić information content (AvgIpc) is 2.39. The molecule has 0 aliphatic heterocycles. The summed E-state index contributed by atoms with van der Waals surface area (Å²) in [7, 11) is 1.91. The van der Waals surface area contributed by atoms with Crippen molar-refractivity contribution < 1.29 is 0 Å². The summed E-state index contributed by atoms with van der Waals surface area (Å²) in [6.07, 6.45) is 3.06. The number of hydrogen-bond donors (Lipinski definition) is 1. The predicted octanol–water partition coefficient (Wildman–Crippen LogP) is 2.36. The second-order valence-corrected chi connectivity index (χ2v) is 4.03. The lowest BCUT2D eigenvalue weighted by Gasteiger charge is -2.19. The van der Waals surface area contributed by atoms with Gasteiger partial charge in [-0.2, -0.15) is 0 Å². The van der Waals surface area contributed by atoms with Gasteiger partial charge in [0, 0.05) is 19.3 Å². The van der Waals surface area contributed by atoms with Crippen LogP contribution in [0.4, 0.5) is 11.5 Å². The Hall–Kier alpha value is -1.65. The highest BCUT2D eigenvalue weighted by molar-refractivity contribution is 6.32. The minimum atomic E-state index is 0.526. The Morgan fingerprint density at radius 1 is 1.29 bits per heavy atom. The first-order valence-electron chi connectivity index (χ1n) is 5.20. The zero-order chi connectivity index (χ0) is 12.3. The molecular weight excluding hydrogens is 236 g/mol. The molecule has 0 amide bonds. The van der Waals surface area contributed by atoms with Crippen molar-refractivity contribution in [1.29, 1.82) is 0 Å². The fourth-order valence-electron chi connectivity index (χ4n) is 1.53. The smallest absolute Gasteiger partial charge is 0.154 e. The van der Waals surface area contributed by atoms with Crippen LogP contribution < -0.4 is 10.6 Å². The number of rotatable bonds is 3. The molecule has 1 heterocycles. The first kappa shape index (κ1) is 11.8. The van der Waals surface area contributed by atoms with Crippen LogP contribution in [0.2, 0.25) is 5.02 Å². The molecule has 2 aromatic rings. The van der Waals surface area contributed by atoms with Crippen molar-refractivity contribution in [3.8, 4) is 0 Å². The van der Waals surface area contributed by atoms with Gasteiger partial charge in [-0.3, -0.25) is 0 Å². The van der Waals surface area contributed by atoms with Gasteiger partial charge in [0.05, 0.1) is 6.20 Å². The largest absolute Gasteiger partial charge is 0.328 e. The van der Waals surface area contributed by atoms with Crippen molar-refractivity contribution in [2.24, 2.45) is 5.73 Å². The minimum Gasteiger partial charge on any atom is -0.328 e. The van der Waals surface area contributed by atoms with Gasteiger partial charge < -0.3 is 10.6 Å². The monoisotopic (exact) mass is 248 g/mol. The van der Waals surface area contributed by atoms with E-state index in [1.54, 1.807) is 6.20 Å². The Kier molecular flexibility index (Phi) is 3.56. The molecule has 0 radical (unpaired) electrons. The van der Waals surface area contributed by atoms with E-state index in [1.165, 1.54) is 6.33 Å². The molecular formula is C12H13ClN4. The standard InChI is InChI=1S/C12H13ClN4/c1-17(12-11(13)7-15-8-16-12)10-4-2-9(6-14)3-5-10/h2-5,7-8H,6,14H2,1H3. The fourth-order valence-corrected chi connectivity index (χ4v) is 1.76. The van der Waals surface area contributed by atoms with Gasteiger partial charge in [0.15, 0.2) is 5.82 Å². The van der Waals surface area contributed by atoms with E-state index in [-0.39, 0.29) is 0 Å². The molecule has 0 bridgehead atoms. The van der Waals surface area contributed by atoms with Crippen LogP contribution in [0.15, 0.2) is 36.8 Å². The summed E-state index contributed by atoms with van der Waals surface area (Å²) >= 11 is 6.04. The molecule has 0 fully saturated rings. The number of nitrogens with two attached hydrogens (primary N) is 1. The topological polar surface area (TPSA) is 55.0 Å². The van der Waals surface area contributed by atoms with E-state index in [2.05, 4.69) is 9.97 Å². The van der Waals surface area contributed by atoms with Crippen molar-refractivity contribution in [3.05, 3.63) is 47.4 Å². The summed E-state index contributed by atoms with van der Waals surface area (Å²) < 4.78 is 0. The summed E-state index contributed by atoms with van der Waals surface area (Å²) in [5.74, 6) is 0.683. The quantitative estimate of drug-likeness (QED) is 0.906. The van der Waals surface area contributed by atoms with Crippen LogP contribution >= 0.6 is 11.6 Å². The van der Waals surface area contributed by atoms with Gasteiger partial charge in [0.2, 0.25) is 0 Å². The lowest BCUT2D eigenvalue weighted by atomic mass is 10.2. The van der Waals surface area contributed by atoms with Gasteiger partial charge in [-0.15, -0.1) is 0 Å². The third-order valence-electron chi connectivity index (χ3n) is 2.53. The zero-order valence-corrected chi connectivity index (χ0v) is 10.2. The molecule has 0 spiro atoms. The molecule has 0 aliphatic rings. The number of nitrogens with zero attached hydrogens (tertiary/aromatic N) is 3. The molecule has 2 rings (SSSR count). The molecule has 5 heteroatoms. The predicted molar refractivity (Wildman–Crippen MR) is 69.4 cm³/mol. The van der Waals surface area contributed by atoms with E-state index >= 15 is 0 Å². The van der Waals surface area contributed by atoms with Gasteiger partial charge in [-0.1, -0.05) is 23.7 Å². The SMILES string of the molecule is CN(c1ccc(CN)cc1)c1ncncc1Cl. The van der Waals surface area contributed by atoms with Crippen LogP contribution in [0.3, 0.4) is 0 Å². The highest BCUT2D eigenvalue weighted by atomic mass is 35.5. The van der Waals surface area contributed by atoms with Crippen molar-refractivity contribution in [2.45, 2.75) is 6.54 Å². The van der Waals surface area contributed by atoms with Crippen LogP contribution in [0, 0.1) is 0 Å². The maximum atomic E-state index is 6.04. The molecule has 0 aliphatic carbocycles. The lowest BCUT2D eigenvalue weighted by Crippen LogP contribution is -2.12. The Labute approximate surface area is 105 Å². The molecule has 17 heavy (non-hydrogen) atoms. The van der Waals surface area contributed by atoms with E-state index in [0.717, 1.165) is 11.3 Å². The first-order chi connectivity index (χ1) is 8.22. The van der Waals surface area contributed by atoms with Gasteiger partial charge in [0.1, 0.15) is 11.3 Å². The van der Waals surface area contributed by atoms with Crippen LogP contribution in [0.5, 0.6) is 0 Å². The maximum Gasteiger partial charge on any atom is 0.154 e. The summed E-state index contributed by atoms with van der Waals surface area (Å²) in [5, 5.41) is 0.526. The number of halogens is 1. The highest BCUT2D eigenvalue weighted by Crippen LogP contribution is 2.27. The second-order valence-electron chi connectivity index (χ2n) is 3.62. The normalized spacial score (nSPS) is 10.3. The summed E-state index contributed by atoms with van der Waals surface area (Å²) in [6.45, 7) is 0.540. The van der Waals surface area contributed by atoms with E-state index in [0.29, 0.717) is 17.4 Å². The summed E-state index contributed by atoms with van der Waals surface area (Å²) in [4.78, 5) is 9.92. The Balaban J connectivity index is 2.30. The van der Waals surface area contributed by atoms with Gasteiger partial charge in [0.25, 0.3) is 0 Å². The van der Waals surface area contributed by atoms with E-state index in [1.807, 2.05) is 36.2 Å². The molecule has 0 atom stereocenters. The molecule has 1 aromatic carbocycles. The zero-order valence-electron chi connectivity index (χ0n) is 9.47. The Morgan fingerprint density at radius 2 is 2.00 bits per heavy atom. The van der Waals surface area contributed by atoms with Crippen LogP contribution in [0.1, 0.15) is 5.56 Å². The van der Waals surface area contributed by atoms with Gasteiger partial charge in [-0.05, 0) is 17.7 Å².